The van der Waals surface area contributed by atoms with Crippen molar-refractivity contribution in [2.24, 2.45) is 5.92 Å². The van der Waals surface area contributed by atoms with Crippen molar-refractivity contribution in [1.29, 1.82) is 0 Å². The first kappa shape index (κ1) is 13.4. The molecule has 2 rings (SSSR count). The Morgan fingerprint density at radius 1 is 1.44 bits per heavy atom. The van der Waals surface area contributed by atoms with Gasteiger partial charge in [-0.25, -0.2) is 8.78 Å². The van der Waals surface area contributed by atoms with Crippen LogP contribution in [0.15, 0.2) is 18.2 Å². The van der Waals surface area contributed by atoms with Gasteiger partial charge in [0.25, 0.3) is 0 Å². The van der Waals surface area contributed by atoms with E-state index in [1.165, 1.54) is 12.1 Å². The predicted molar refractivity (Wildman–Crippen MR) is 66.3 cm³/mol. The van der Waals surface area contributed by atoms with E-state index in [4.69, 9.17) is 4.74 Å². The third kappa shape index (κ3) is 3.06. The lowest BCUT2D eigenvalue weighted by molar-refractivity contribution is 0.105. The average molecular weight is 255 g/mol. The SMILES string of the molecule is CC(NCC1CCOC1C)c1ccc(F)cc1F. The maximum atomic E-state index is 13.6. The molecule has 1 aliphatic rings. The molecule has 0 saturated carbocycles. The minimum Gasteiger partial charge on any atom is -0.378 e. The lowest BCUT2D eigenvalue weighted by atomic mass is 10.0. The number of rotatable bonds is 4. The number of hydrogen-bond donors (Lipinski definition) is 1. The monoisotopic (exact) mass is 255 g/mol. The van der Waals surface area contributed by atoms with Crippen molar-refractivity contribution < 1.29 is 13.5 Å². The highest BCUT2D eigenvalue weighted by Gasteiger charge is 2.24. The zero-order valence-electron chi connectivity index (χ0n) is 10.7. The van der Waals surface area contributed by atoms with Crippen molar-refractivity contribution in [3.63, 3.8) is 0 Å². The van der Waals surface area contributed by atoms with Crippen LogP contribution in [0.5, 0.6) is 0 Å². The van der Waals surface area contributed by atoms with Crippen molar-refractivity contribution in [2.45, 2.75) is 32.4 Å². The minimum absolute atomic E-state index is 0.126. The Hall–Kier alpha value is -1.00. The van der Waals surface area contributed by atoms with E-state index in [-0.39, 0.29) is 12.1 Å². The number of ether oxygens (including phenoxy) is 1. The summed E-state index contributed by atoms with van der Waals surface area (Å²) in [6.07, 6.45) is 1.29. The van der Waals surface area contributed by atoms with Crippen LogP contribution in [0.1, 0.15) is 31.9 Å². The first-order valence-electron chi connectivity index (χ1n) is 6.38. The highest BCUT2D eigenvalue weighted by atomic mass is 19.1. The summed E-state index contributed by atoms with van der Waals surface area (Å²) in [6.45, 7) is 5.53. The molecule has 1 fully saturated rings. The Morgan fingerprint density at radius 2 is 2.22 bits per heavy atom. The number of halogens is 2. The van der Waals surface area contributed by atoms with Gasteiger partial charge in [0.05, 0.1) is 6.10 Å². The molecular weight excluding hydrogens is 236 g/mol. The first-order chi connectivity index (χ1) is 8.58. The summed E-state index contributed by atoms with van der Waals surface area (Å²) < 4.78 is 31.9. The van der Waals surface area contributed by atoms with Crippen LogP contribution in [0.4, 0.5) is 8.78 Å². The molecule has 0 bridgehead atoms. The average Bonchev–Trinajstić information content (AvgIpc) is 2.72. The molecule has 0 radical (unpaired) electrons. The molecule has 0 aliphatic carbocycles. The summed E-state index contributed by atoms with van der Waals surface area (Å²) in [5.41, 5.74) is 0.503. The van der Waals surface area contributed by atoms with Gasteiger partial charge in [0.2, 0.25) is 0 Å². The van der Waals surface area contributed by atoms with E-state index in [9.17, 15) is 8.78 Å². The molecule has 1 saturated heterocycles. The van der Waals surface area contributed by atoms with Crippen LogP contribution in [-0.2, 0) is 4.74 Å². The Morgan fingerprint density at radius 3 is 2.83 bits per heavy atom. The van der Waals surface area contributed by atoms with Crippen LogP contribution in [0.2, 0.25) is 0 Å². The fraction of sp³-hybridized carbons (Fsp3) is 0.571. The molecule has 2 nitrogen and oxygen atoms in total. The Balaban J connectivity index is 1.93. The third-order valence-electron chi connectivity index (χ3n) is 3.65. The summed E-state index contributed by atoms with van der Waals surface area (Å²) in [6, 6.07) is 3.59. The van der Waals surface area contributed by atoms with Gasteiger partial charge < -0.3 is 10.1 Å². The topological polar surface area (TPSA) is 21.3 Å². The van der Waals surface area contributed by atoms with Crippen molar-refractivity contribution >= 4 is 0 Å². The van der Waals surface area contributed by atoms with Crippen LogP contribution in [0, 0.1) is 17.6 Å². The predicted octanol–water partition coefficient (Wildman–Crippen LogP) is 3.04. The molecule has 4 heteroatoms. The van der Waals surface area contributed by atoms with Gasteiger partial charge in [0.15, 0.2) is 0 Å². The molecule has 0 amide bonds. The quantitative estimate of drug-likeness (QED) is 0.893. The zero-order valence-corrected chi connectivity index (χ0v) is 10.7. The van der Waals surface area contributed by atoms with E-state index in [0.29, 0.717) is 11.5 Å². The van der Waals surface area contributed by atoms with Gasteiger partial charge in [-0.3, -0.25) is 0 Å². The molecule has 1 N–H and O–H groups in total. The molecule has 0 spiro atoms. The van der Waals surface area contributed by atoms with Crippen molar-refractivity contribution in [1.82, 2.24) is 5.32 Å². The Labute approximate surface area is 106 Å². The number of nitrogens with one attached hydrogen (secondary N) is 1. The zero-order chi connectivity index (χ0) is 13.1. The second-order valence-electron chi connectivity index (χ2n) is 4.92. The molecule has 100 valence electrons. The summed E-state index contributed by atoms with van der Waals surface area (Å²) >= 11 is 0. The Kier molecular flexibility index (Phi) is 4.30. The molecule has 3 atom stereocenters. The third-order valence-corrected chi connectivity index (χ3v) is 3.65. The highest BCUT2D eigenvalue weighted by molar-refractivity contribution is 5.21. The van der Waals surface area contributed by atoms with Gasteiger partial charge in [-0.2, -0.15) is 0 Å². The lowest BCUT2D eigenvalue weighted by Gasteiger charge is -2.19. The molecular formula is C14H19F2NO. The van der Waals surface area contributed by atoms with Gasteiger partial charge in [-0.05, 0) is 32.3 Å². The van der Waals surface area contributed by atoms with Gasteiger partial charge in [0, 0.05) is 30.8 Å². The molecule has 1 aliphatic heterocycles. The Bertz CT molecular complexity index is 411. The van der Waals surface area contributed by atoms with E-state index in [1.807, 2.05) is 6.92 Å². The van der Waals surface area contributed by atoms with E-state index >= 15 is 0 Å². The fourth-order valence-electron chi connectivity index (χ4n) is 2.33. The molecule has 1 aromatic carbocycles. The summed E-state index contributed by atoms with van der Waals surface area (Å²) in [5.74, 6) is -0.567. The van der Waals surface area contributed by atoms with Crippen LogP contribution < -0.4 is 5.32 Å². The van der Waals surface area contributed by atoms with E-state index in [1.54, 1.807) is 0 Å². The highest BCUT2D eigenvalue weighted by Crippen LogP contribution is 2.22. The first-order valence-corrected chi connectivity index (χ1v) is 6.38. The van der Waals surface area contributed by atoms with E-state index in [2.05, 4.69) is 12.2 Å². The van der Waals surface area contributed by atoms with Gasteiger partial charge in [0.1, 0.15) is 11.6 Å². The van der Waals surface area contributed by atoms with Gasteiger partial charge >= 0.3 is 0 Å². The maximum absolute atomic E-state index is 13.6. The number of benzene rings is 1. The largest absolute Gasteiger partial charge is 0.378 e. The fourth-order valence-corrected chi connectivity index (χ4v) is 2.33. The van der Waals surface area contributed by atoms with Crippen LogP contribution in [-0.4, -0.2) is 19.3 Å². The molecule has 18 heavy (non-hydrogen) atoms. The standard InChI is InChI=1S/C14H19F2NO/c1-9(13-4-3-12(15)7-14(13)16)17-8-11-5-6-18-10(11)2/h3-4,7,9-11,17H,5-6,8H2,1-2H3. The van der Waals surface area contributed by atoms with Crippen LogP contribution >= 0.6 is 0 Å². The normalized spacial score (nSPS) is 25.3. The van der Waals surface area contributed by atoms with Crippen molar-refractivity contribution in [2.75, 3.05) is 13.2 Å². The molecule has 1 aromatic rings. The van der Waals surface area contributed by atoms with Crippen LogP contribution in [0.3, 0.4) is 0 Å². The van der Waals surface area contributed by atoms with E-state index < -0.39 is 11.6 Å². The summed E-state index contributed by atoms with van der Waals surface area (Å²) in [4.78, 5) is 0. The van der Waals surface area contributed by atoms with Crippen molar-refractivity contribution in [3.8, 4) is 0 Å². The second kappa shape index (κ2) is 5.76. The minimum atomic E-state index is -0.540. The summed E-state index contributed by atoms with van der Waals surface area (Å²) in [7, 11) is 0. The molecule has 3 unspecified atom stereocenters. The molecule has 0 aromatic heterocycles. The van der Waals surface area contributed by atoms with E-state index in [0.717, 1.165) is 25.6 Å². The smallest absolute Gasteiger partial charge is 0.130 e. The maximum Gasteiger partial charge on any atom is 0.130 e. The number of hydrogen-bond acceptors (Lipinski definition) is 2. The van der Waals surface area contributed by atoms with Crippen LogP contribution in [0.25, 0.3) is 0 Å². The molecule has 1 heterocycles. The lowest BCUT2D eigenvalue weighted by Crippen LogP contribution is -2.29. The second-order valence-corrected chi connectivity index (χ2v) is 4.92. The van der Waals surface area contributed by atoms with Gasteiger partial charge in [-0.15, -0.1) is 0 Å². The van der Waals surface area contributed by atoms with Gasteiger partial charge in [-0.1, -0.05) is 6.07 Å². The van der Waals surface area contributed by atoms with Crippen molar-refractivity contribution in [3.05, 3.63) is 35.4 Å². The summed E-state index contributed by atoms with van der Waals surface area (Å²) in [5, 5.41) is 3.29.